The number of nitrogens with one attached hydrogen (secondary N) is 1. The molecule has 1 heterocycles. The van der Waals surface area contributed by atoms with Gasteiger partial charge in [-0.25, -0.2) is 9.69 Å². The summed E-state index contributed by atoms with van der Waals surface area (Å²) in [6.45, 7) is -0.155. The fourth-order valence-electron chi connectivity index (χ4n) is 2.98. The van der Waals surface area contributed by atoms with E-state index in [1.165, 1.54) is 0 Å². The average molecular weight is 328 g/mol. The molecule has 2 unspecified atom stereocenters. The van der Waals surface area contributed by atoms with E-state index in [2.05, 4.69) is 11.4 Å². The molecule has 2 atom stereocenters. The lowest BCUT2D eigenvalue weighted by Crippen LogP contribution is -2.42. The molecule has 0 bridgehead atoms. The predicted octanol–water partition coefficient (Wildman–Crippen LogP) is 2.18. The Bertz CT molecular complexity index is 640. The number of nitrogens with zero attached hydrogens (tertiary/aromatic N) is 1. The van der Waals surface area contributed by atoms with Gasteiger partial charge in [0.25, 0.3) is 5.91 Å². The summed E-state index contributed by atoms with van der Waals surface area (Å²) in [4.78, 5) is 37.1. The summed E-state index contributed by atoms with van der Waals surface area (Å²) in [7, 11) is 0. The van der Waals surface area contributed by atoms with Crippen molar-refractivity contribution < 1.29 is 19.1 Å². The fraction of sp³-hybridized carbons (Fsp3) is 0.389. The second-order valence-electron chi connectivity index (χ2n) is 6.01. The Morgan fingerprint density at radius 3 is 2.67 bits per heavy atom. The van der Waals surface area contributed by atoms with Crippen LogP contribution in [0.4, 0.5) is 4.79 Å². The maximum atomic E-state index is 12.6. The molecule has 2 aliphatic rings. The first-order chi connectivity index (χ1) is 11.6. The Morgan fingerprint density at radius 1 is 1.25 bits per heavy atom. The van der Waals surface area contributed by atoms with Crippen LogP contribution in [0.1, 0.15) is 30.9 Å². The third kappa shape index (κ3) is 3.64. The number of hydrogen-bond acceptors (Lipinski definition) is 4. The van der Waals surface area contributed by atoms with E-state index in [0.29, 0.717) is 0 Å². The van der Waals surface area contributed by atoms with E-state index >= 15 is 0 Å². The molecule has 3 amide bonds. The summed E-state index contributed by atoms with van der Waals surface area (Å²) in [6.07, 6.45) is 5.87. The summed E-state index contributed by atoms with van der Waals surface area (Å²) < 4.78 is 4.75. The van der Waals surface area contributed by atoms with Gasteiger partial charge in [0.15, 0.2) is 6.61 Å². The zero-order chi connectivity index (χ0) is 16.9. The number of rotatable bonds is 5. The van der Waals surface area contributed by atoms with Crippen molar-refractivity contribution in [2.24, 2.45) is 5.92 Å². The predicted molar refractivity (Wildman–Crippen MR) is 86.9 cm³/mol. The summed E-state index contributed by atoms with van der Waals surface area (Å²) in [6, 6.07) is 8.90. The van der Waals surface area contributed by atoms with Gasteiger partial charge in [0, 0.05) is 5.92 Å². The third-order valence-electron chi connectivity index (χ3n) is 4.36. The lowest BCUT2D eigenvalue weighted by atomic mass is 9.93. The van der Waals surface area contributed by atoms with Gasteiger partial charge in [-0.1, -0.05) is 42.5 Å². The molecule has 1 aromatic carbocycles. The topological polar surface area (TPSA) is 75.7 Å². The van der Waals surface area contributed by atoms with Crippen molar-refractivity contribution in [3.63, 3.8) is 0 Å². The number of hydrogen-bond donors (Lipinski definition) is 1. The van der Waals surface area contributed by atoms with Crippen molar-refractivity contribution in [3.8, 4) is 0 Å². The highest BCUT2D eigenvalue weighted by atomic mass is 16.6. The maximum Gasteiger partial charge on any atom is 0.417 e. The first kappa shape index (κ1) is 16.2. The number of carbonyl (C=O) groups is 3. The van der Waals surface area contributed by atoms with Crippen LogP contribution < -0.4 is 5.32 Å². The van der Waals surface area contributed by atoms with Crippen molar-refractivity contribution in [3.05, 3.63) is 48.0 Å². The van der Waals surface area contributed by atoms with E-state index in [0.717, 1.165) is 29.7 Å². The van der Waals surface area contributed by atoms with E-state index in [9.17, 15) is 14.4 Å². The molecule has 6 heteroatoms. The second kappa shape index (κ2) is 7.29. The van der Waals surface area contributed by atoms with E-state index in [-0.39, 0.29) is 30.9 Å². The number of cyclic esters (lactones) is 1. The van der Waals surface area contributed by atoms with Crippen molar-refractivity contribution >= 4 is 17.9 Å². The highest BCUT2D eigenvalue weighted by molar-refractivity contribution is 5.97. The van der Waals surface area contributed by atoms with Crippen LogP contribution in [0, 0.1) is 5.92 Å². The highest BCUT2D eigenvalue weighted by Gasteiger charge is 2.34. The number of carbonyl (C=O) groups excluding carboxylic acids is 3. The normalized spacial score (nSPS) is 21.5. The van der Waals surface area contributed by atoms with Gasteiger partial charge in [0.1, 0.15) is 0 Å². The van der Waals surface area contributed by atoms with Crippen molar-refractivity contribution in [1.82, 2.24) is 10.2 Å². The molecule has 1 aliphatic heterocycles. The standard InChI is InChI=1S/C18H20N2O4/c21-16-12-24-18(23)20(16)11-15(13-7-3-1-4-8-13)19-17(22)14-9-5-2-6-10-14/h1-5,7-8,14-15H,6,9-12H2,(H,19,22). The molecular formula is C18H20N2O4. The molecule has 24 heavy (non-hydrogen) atoms. The molecule has 1 aromatic rings. The van der Waals surface area contributed by atoms with Crippen LogP contribution in [-0.4, -0.2) is 36.0 Å². The summed E-state index contributed by atoms with van der Waals surface area (Å²) in [5, 5.41) is 3.00. The van der Waals surface area contributed by atoms with Gasteiger partial charge in [-0.3, -0.25) is 9.59 Å². The lowest BCUT2D eigenvalue weighted by molar-refractivity contribution is -0.128. The monoisotopic (exact) mass is 328 g/mol. The van der Waals surface area contributed by atoms with Crippen LogP contribution in [0.2, 0.25) is 0 Å². The third-order valence-corrected chi connectivity index (χ3v) is 4.36. The van der Waals surface area contributed by atoms with Gasteiger partial charge in [-0.2, -0.15) is 0 Å². The number of amides is 3. The Hall–Kier alpha value is -2.63. The maximum absolute atomic E-state index is 12.6. The number of allylic oxidation sites excluding steroid dienone is 2. The smallest absolute Gasteiger partial charge is 0.417 e. The molecule has 126 valence electrons. The van der Waals surface area contributed by atoms with Crippen LogP contribution in [0.25, 0.3) is 0 Å². The molecule has 1 N–H and O–H groups in total. The van der Waals surface area contributed by atoms with E-state index in [4.69, 9.17) is 4.74 Å². The van der Waals surface area contributed by atoms with Crippen LogP contribution in [0.15, 0.2) is 42.5 Å². The summed E-state index contributed by atoms with van der Waals surface area (Å²) in [5.41, 5.74) is 0.852. The van der Waals surface area contributed by atoms with Gasteiger partial charge in [-0.15, -0.1) is 0 Å². The van der Waals surface area contributed by atoms with Crippen LogP contribution >= 0.6 is 0 Å². The summed E-state index contributed by atoms with van der Waals surface area (Å²) in [5.74, 6) is -0.494. The van der Waals surface area contributed by atoms with Gasteiger partial charge in [0.05, 0.1) is 12.6 Å². The molecule has 0 saturated carbocycles. The lowest BCUT2D eigenvalue weighted by Gasteiger charge is -2.25. The molecule has 1 fully saturated rings. The van der Waals surface area contributed by atoms with Crippen molar-refractivity contribution in [2.45, 2.75) is 25.3 Å². The first-order valence-electron chi connectivity index (χ1n) is 8.12. The fourth-order valence-corrected chi connectivity index (χ4v) is 2.98. The zero-order valence-corrected chi connectivity index (χ0v) is 13.3. The minimum Gasteiger partial charge on any atom is -0.439 e. The molecule has 6 nitrogen and oxygen atoms in total. The van der Waals surface area contributed by atoms with Crippen LogP contribution in [-0.2, 0) is 14.3 Å². The van der Waals surface area contributed by atoms with E-state index in [1.54, 1.807) is 0 Å². The number of imide groups is 1. The van der Waals surface area contributed by atoms with Gasteiger partial charge in [0.2, 0.25) is 5.91 Å². The van der Waals surface area contributed by atoms with Gasteiger partial charge >= 0.3 is 6.09 Å². The van der Waals surface area contributed by atoms with Crippen molar-refractivity contribution in [1.29, 1.82) is 0 Å². The molecule has 0 aromatic heterocycles. The Kier molecular flexibility index (Phi) is 4.93. The highest BCUT2D eigenvalue weighted by Crippen LogP contribution is 2.22. The Labute approximate surface area is 140 Å². The number of ether oxygens (including phenoxy) is 1. The molecule has 0 radical (unpaired) electrons. The van der Waals surface area contributed by atoms with E-state index in [1.807, 2.05) is 36.4 Å². The molecule has 1 aliphatic carbocycles. The molecule has 3 rings (SSSR count). The second-order valence-corrected chi connectivity index (χ2v) is 6.01. The quantitative estimate of drug-likeness (QED) is 0.841. The molecular weight excluding hydrogens is 308 g/mol. The Morgan fingerprint density at radius 2 is 2.04 bits per heavy atom. The zero-order valence-electron chi connectivity index (χ0n) is 13.3. The summed E-state index contributed by atoms with van der Waals surface area (Å²) >= 11 is 0. The largest absolute Gasteiger partial charge is 0.439 e. The van der Waals surface area contributed by atoms with Crippen molar-refractivity contribution in [2.75, 3.05) is 13.2 Å². The Balaban J connectivity index is 1.75. The van der Waals surface area contributed by atoms with E-state index < -0.39 is 12.1 Å². The first-order valence-corrected chi connectivity index (χ1v) is 8.12. The SMILES string of the molecule is O=C(NC(CN1C(=O)COC1=O)c1ccccc1)C1CC=CCC1. The minimum absolute atomic E-state index is 0.0479. The average Bonchev–Trinajstić information content (AvgIpc) is 2.94. The number of benzene rings is 1. The van der Waals surface area contributed by atoms with Crippen LogP contribution in [0.5, 0.6) is 0 Å². The van der Waals surface area contributed by atoms with Gasteiger partial charge in [-0.05, 0) is 24.8 Å². The van der Waals surface area contributed by atoms with Gasteiger partial charge < -0.3 is 10.1 Å². The van der Waals surface area contributed by atoms with Crippen LogP contribution in [0.3, 0.4) is 0 Å². The molecule has 0 spiro atoms. The minimum atomic E-state index is -0.657. The molecule has 1 saturated heterocycles.